The molecular formula is C18H13ClN2O4. The lowest BCUT2D eigenvalue weighted by Gasteiger charge is -2.07. The first kappa shape index (κ1) is 16.7. The van der Waals surface area contributed by atoms with E-state index in [1.165, 1.54) is 19.3 Å². The molecule has 25 heavy (non-hydrogen) atoms. The van der Waals surface area contributed by atoms with E-state index in [1.54, 1.807) is 36.4 Å². The van der Waals surface area contributed by atoms with Gasteiger partial charge in [0.25, 0.3) is 11.8 Å². The van der Waals surface area contributed by atoms with Crippen molar-refractivity contribution in [1.29, 1.82) is 0 Å². The van der Waals surface area contributed by atoms with Gasteiger partial charge in [-0.25, -0.2) is 0 Å². The molecule has 0 saturated heterocycles. The van der Waals surface area contributed by atoms with Crippen molar-refractivity contribution in [2.24, 2.45) is 0 Å². The zero-order valence-electron chi connectivity index (χ0n) is 13.1. The summed E-state index contributed by atoms with van der Waals surface area (Å²) < 4.78 is 5.21. The molecule has 1 heterocycles. The highest BCUT2D eigenvalue weighted by Crippen LogP contribution is 2.25. The zero-order chi connectivity index (χ0) is 18.0. The van der Waals surface area contributed by atoms with Crippen molar-refractivity contribution in [2.45, 2.75) is 0 Å². The largest absolute Gasteiger partial charge is 0.496 e. The number of nitrogens with one attached hydrogen (secondary N) is 2. The predicted octanol–water partition coefficient (Wildman–Crippen LogP) is 2.88. The van der Waals surface area contributed by atoms with Gasteiger partial charge in [-0.05, 0) is 36.4 Å². The number of imide groups is 1. The van der Waals surface area contributed by atoms with Crippen molar-refractivity contribution in [3.8, 4) is 5.75 Å². The molecule has 0 radical (unpaired) electrons. The number of ether oxygens (including phenoxy) is 1. The zero-order valence-corrected chi connectivity index (χ0v) is 13.9. The van der Waals surface area contributed by atoms with Crippen LogP contribution in [0, 0.1) is 0 Å². The quantitative estimate of drug-likeness (QED) is 0.651. The minimum atomic E-state index is -0.531. The summed E-state index contributed by atoms with van der Waals surface area (Å²) in [6.45, 7) is 0. The molecule has 3 rings (SSSR count). The van der Waals surface area contributed by atoms with Gasteiger partial charge >= 0.3 is 0 Å². The minimum absolute atomic E-state index is 0.162. The molecule has 7 heteroatoms. The van der Waals surface area contributed by atoms with Crippen LogP contribution in [0.2, 0.25) is 5.02 Å². The lowest BCUT2D eigenvalue weighted by Crippen LogP contribution is -2.20. The van der Waals surface area contributed by atoms with Crippen LogP contribution in [0.3, 0.4) is 0 Å². The number of anilines is 1. The number of halogens is 1. The number of hydrogen-bond acceptors (Lipinski definition) is 4. The van der Waals surface area contributed by atoms with Crippen molar-refractivity contribution < 1.29 is 19.1 Å². The first-order chi connectivity index (χ1) is 12.0. The second-order valence-corrected chi connectivity index (χ2v) is 5.66. The molecule has 2 N–H and O–H groups in total. The fraction of sp³-hybridized carbons (Fsp3) is 0.0556. The SMILES string of the molecule is COc1ccc(Cl)cc1/C=C/C(=O)Nc1cccc2c1C(=O)NC2=O. The van der Waals surface area contributed by atoms with Gasteiger partial charge in [0.05, 0.1) is 23.9 Å². The van der Waals surface area contributed by atoms with Crippen LogP contribution in [0.4, 0.5) is 5.69 Å². The highest BCUT2D eigenvalue weighted by molar-refractivity contribution is 6.30. The number of rotatable bonds is 4. The first-order valence-electron chi connectivity index (χ1n) is 7.31. The molecule has 0 spiro atoms. The maximum Gasteiger partial charge on any atom is 0.261 e. The van der Waals surface area contributed by atoms with E-state index in [2.05, 4.69) is 10.6 Å². The second kappa shape index (κ2) is 6.78. The average molecular weight is 357 g/mol. The third-order valence-corrected chi connectivity index (χ3v) is 3.86. The van der Waals surface area contributed by atoms with Crippen LogP contribution >= 0.6 is 11.6 Å². The average Bonchev–Trinajstić information content (AvgIpc) is 2.88. The molecule has 0 unspecified atom stereocenters. The van der Waals surface area contributed by atoms with Crippen molar-refractivity contribution >= 4 is 41.1 Å². The number of carbonyl (C=O) groups is 3. The van der Waals surface area contributed by atoms with E-state index in [9.17, 15) is 14.4 Å². The van der Waals surface area contributed by atoms with E-state index in [0.29, 0.717) is 16.3 Å². The molecule has 1 aliphatic rings. The molecule has 2 aromatic carbocycles. The number of amides is 3. The highest BCUT2D eigenvalue weighted by Gasteiger charge is 2.29. The Hall–Kier alpha value is -3.12. The van der Waals surface area contributed by atoms with Crippen LogP contribution in [-0.4, -0.2) is 24.8 Å². The summed E-state index contributed by atoms with van der Waals surface area (Å²) in [6, 6.07) is 9.72. The van der Waals surface area contributed by atoms with Crippen molar-refractivity contribution in [1.82, 2.24) is 5.32 Å². The first-order valence-corrected chi connectivity index (χ1v) is 7.68. The van der Waals surface area contributed by atoms with Gasteiger partial charge in [0.1, 0.15) is 5.75 Å². The number of benzene rings is 2. The predicted molar refractivity (Wildman–Crippen MR) is 93.9 cm³/mol. The third-order valence-electron chi connectivity index (χ3n) is 3.63. The summed E-state index contributed by atoms with van der Waals surface area (Å²) in [5, 5.41) is 5.31. The Kier molecular flexibility index (Phi) is 4.54. The number of methoxy groups -OCH3 is 1. The second-order valence-electron chi connectivity index (χ2n) is 5.22. The Morgan fingerprint density at radius 2 is 2.00 bits per heavy atom. The van der Waals surface area contributed by atoms with Gasteiger partial charge in [-0.3, -0.25) is 19.7 Å². The Morgan fingerprint density at radius 1 is 1.20 bits per heavy atom. The standard InChI is InChI=1S/C18H13ClN2O4/c1-25-14-7-6-11(19)9-10(14)5-8-15(22)20-13-4-2-3-12-16(13)18(24)21-17(12)23/h2-9H,1H3,(H,20,22)(H,21,23,24)/b8-5+. The van der Waals surface area contributed by atoms with E-state index in [4.69, 9.17) is 16.3 Å². The lowest BCUT2D eigenvalue weighted by atomic mass is 10.1. The van der Waals surface area contributed by atoms with E-state index >= 15 is 0 Å². The maximum atomic E-state index is 12.2. The number of carbonyl (C=O) groups excluding carboxylic acids is 3. The van der Waals surface area contributed by atoms with Gasteiger partial charge in [0, 0.05) is 16.7 Å². The van der Waals surface area contributed by atoms with Gasteiger partial charge in [0.2, 0.25) is 5.91 Å². The van der Waals surface area contributed by atoms with Crippen LogP contribution in [-0.2, 0) is 4.79 Å². The van der Waals surface area contributed by atoms with Crippen molar-refractivity contribution in [2.75, 3.05) is 12.4 Å². The topological polar surface area (TPSA) is 84.5 Å². The number of fused-ring (bicyclic) bond motifs is 1. The van der Waals surface area contributed by atoms with Gasteiger partial charge in [0.15, 0.2) is 0 Å². The Bertz CT molecular complexity index is 921. The molecule has 0 atom stereocenters. The maximum absolute atomic E-state index is 12.2. The van der Waals surface area contributed by atoms with Crippen molar-refractivity contribution in [3.63, 3.8) is 0 Å². The molecule has 3 amide bonds. The summed E-state index contributed by atoms with van der Waals surface area (Å²) in [4.78, 5) is 35.7. The van der Waals surface area contributed by atoms with E-state index < -0.39 is 17.7 Å². The van der Waals surface area contributed by atoms with Crippen molar-refractivity contribution in [3.05, 3.63) is 64.2 Å². The fourth-order valence-corrected chi connectivity index (χ4v) is 2.68. The lowest BCUT2D eigenvalue weighted by molar-refractivity contribution is -0.111. The molecule has 0 bridgehead atoms. The van der Waals surface area contributed by atoms with Crippen LogP contribution in [0.1, 0.15) is 26.3 Å². The van der Waals surface area contributed by atoms with Crippen LogP contribution in [0.15, 0.2) is 42.5 Å². The van der Waals surface area contributed by atoms with E-state index in [-0.39, 0.29) is 16.8 Å². The monoisotopic (exact) mass is 356 g/mol. The Balaban J connectivity index is 1.82. The smallest absolute Gasteiger partial charge is 0.261 e. The highest BCUT2D eigenvalue weighted by atomic mass is 35.5. The van der Waals surface area contributed by atoms with E-state index in [0.717, 1.165) is 0 Å². The number of hydrogen-bond donors (Lipinski definition) is 2. The molecule has 126 valence electrons. The summed E-state index contributed by atoms with van der Waals surface area (Å²) in [5.74, 6) is -0.895. The molecule has 6 nitrogen and oxygen atoms in total. The van der Waals surface area contributed by atoms with Gasteiger partial charge < -0.3 is 10.1 Å². The van der Waals surface area contributed by atoms with Gasteiger partial charge in [-0.15, -0.1) is 0 Å². The normalized spacial score (nSPS) is 12.9. The van der Waals surface area contributed by atoms with Crippen LogP contribution < -0.4 is 15.4 Å². The molecule has 0 fully saturated rings. The Labute approximate surface area is 148 Å². The van der Waals surface area contributed by atoms with Gasteiger partial charge in [-0.1, -0.05) is 17.7 Å². The molecule has 1 aliphatic heterocycles. The summed E-state index contributed by atoms with van der Waals surface area (Å²) in [5.41, 5.74) is 1.31. The molecule has 0 saturated carbocycles. The summed E-state index contributed by atoms with van der Waals surface area (Å²) in [7, 11) is 1.52. The molecule has 0 aromatic heterocycles. The summed E-state index contributed by atoms with van der Waals surface area (Å²) in [6.07, 6.45) is 2.84. The third kappa shape index (κ3) is 3.39. The molecular weight excluding hydrogens is 344 g/mol. The molecule has 0 aliphatic carbocycles. The molecule has 2 aromatic rings. The minimum Gasteiger partial charge on any atom is -0.496 e. The van der Waals surface area contributed by atoms with Gasteiger partial charge in [-0.2, -0.15) is 0 Å². The summed E-state index contributed by atoms with van der Waals surface area (Å²) >= 11 is 5.95. The van der Waals surface area contributed by atoms with E-state index in [1.807, 2.05) is 0 Å². The fourth-order valence-electron chi connectivity index (χ4n) is 2.50. The van der Waals surface area contributed by atoms with Crippen LogP contribution in [0.25, 0.3) is 6.08 Å². The Morgan fingerprint density at radius 3 is 2.76 bits per heavy atom. The van der Waals surface area contributed by atoms with Crippen LogP contribution in [0.5, 0.6) is 5.75 Å².